The van der Waals surface area contributed by atoms with Crippen LogP contribution < -0.4 is 5.73 Å². The maximum atomic E-state index is 10.9. The lowest BCUT2D eigenvalue weighted by atomic mass is 9.96. The molecular weight excluding hydrogens is 178 g/mol. The molecule has 1 saturated carbocycles. The first-order valence-corrected chi connectivity index (χ1v) is 4.70. The van der Waals surface area contributed by atoms with Gasteiger partial charge in [0.15, 0.2) is 0 Å². The number of benzene rings is 1. The summed E-state index contributed by atoms with van der Waals surface area (Å²) in [5.74, 6) is -0.681. The summed E-state index contributed by atoms with van der Waals surface area (Å²) in [6, 6.07) is 7.45. The maximum Gasteiger partial charge on any atom is 0.309 e. The number of anilines is 1. The van der Waals surface area contributed by atoms with E-state index in [1.807, 2.05) is 24.3 Å². The van der Waals surface area contributed by atoms with Crippen LogP contribution in [0.1, 0.15) is 18.4 Å². The van der Waals surface area contributed by atoms with Gasteiger partial charge >= 0.3 is 5.97 Å². The Labute approximate surface area is 82.5 Å². The van der Waals surface area contributed by atoms with Crippen molar-refractivity contribution in [1.82, 2.24) is 0 Å². The lowest BCUT2D eigenvalue weighted by Gasteiger charge is -2.09. The number of hydrogen-bond acceptors (Lipinski definition) is 2. The highest BCUT2D eigenvalue weighted by molar-refractivity contribution is 5.78. The molecule has 14 heavy (non-hydrogen) atoms. The minimum absolute atomic E-state index is 0.492. The van der Waals surface area contributed by atoms with E-state index in [1.165, 1.54) is 0 Å². The van der Waals surface area contributed by atoms with Crippen molar-refractivity contribution in [3.8, 4) is 0 Å². The Hall–Kier alpha value is -1.51. The van der Waals surface area contributed by atoms with Crippen LogP contribution in [0.4, 0.5) is 5.69 Å². The van der Waals surface area contributed by atoms with Crippen molar-refractivity contribution in [2.45, 2.75) is 19.3 Å². The van der Waals surface area contributed by atoms with Crippen molar-refractivity contribution < 1.29 is 9.90 Å². The molecule has 1 aliphatic carbocycles. The highest BCUT2D eigenvalue weighted by Crippen LogP contribution is 2.48. The summed E-state index contributed by atoms with van der Waals surface area (Å²) in [4.78, 5) is 10.9. The van der Waals surface area contributed by atoms with Gasteiger partial charge in [-0.2, -0.15) is 0 Å². The Bertz CT molecular complexity index is 369. The largest absolute Gasteiger partial charge is 0.481 e. The fourth-order valence-electron chi connectivity index (χ4n) is 1.71. The molecule has 1 aromatic rings. The fourth-order valence-corrected chi connectivity index (χ4v) is 1.71. The van der Waals surface area contributed by atoms with Crippen LogP contribution in [0.2, 0.25) is 0 Å². The zero-order valence-corrected chi connectivity index (χ0v) is 7.86. The summed E-state index contributed by atoms with van der Waals surface area (Å²) < 4.78 is 0. The predicted molar refractivity (Wildman–Crippen MR) is 53.9 cm³/mol. The second kappa shape index (κ2) is 3.01. The van der Waals surface area contributed by atoms with Crippen molar-refractivity contribution in [2.75, 3.05) is 5.73 Å². The Balaban J connectivity index is 2.15. The molecule has 2 rings (SSSR count). The Kier molecular flexibility index (Phi) is 1.95. The van der Waals surface area contributed by atoms with E-state index in [9.17, 15) is 4.79 Å². The average molecular weight is 191 g/mol. The van der Waals surface area contributed by atoms with Gasteiger partial charge in [0, 0.05) is 5.69 Å². The highest BCUT2D eigenvalue weighted by Gasteiger charge is 2.49. The number of carboxylic acid groups (broad SMARTS) is 1. The molecule has 0 unspecified atom stereocenters. The van der Waals surface area contributed by atoms with Crippen LogP contribution in [0.15, 0.2) is 24.3 Å². The molecule has 0 aromatic heterocycles. The van der Waals surface area contributed by atoms with Gasteiger partial charge < -0.3 is 10.8 Å². The summed E-state index contributed by atoms with van der Waals surface area (Å²) in [6.45, 7) is 0. The van der Waals surface area contributed by atoms with E-state index in [2.05, 4.69) is 0 Å². The molecule has 3 heteroatoms. The van der Waals surface area contributed by atoms with E-state index in [-0.39, 0.29) is 0 Å². The molecule has 0 spiro atoms. The number of nitrogens with two attached hydrogens (primary N) is 1. The zero-order valence-electron chi connectivity index (χ0n) is 7.86. The molecule has 0 heterocycles. The Morgan fingerprint density at radius 2 is 2.21 bits per heavy atom. The van der Waals surface area contributed by atoms with Crippen molar-refractivity contribution in [3.63, 3.8) is 0 Å². The van der Waals surface area contributed by atoms with E-state index in [4.69, 9.17) is 10.8 Å². The molecule has 3 nitrogen and oxygen atoms in total. The summed E-state index contributed by atoms with van der Waals surface area (Å²) in [7, 11) is 0. The van der Waals surface area contributed by atoms with Crippen LogP contribution in [-0.2, 0) is 11.2 Å². The third-order valence-corrected chi connectivity index (χ3v) is 2.80. The molecule has 0 amide bonds. The molecule has 0 aliphatic heterocycles. The van der Waals surface area contributed by atoms with E-state index in [1.54, 1.807) is 0 Å². The minimum Gasteiger partial charge on any atom is -0.481 e. The molecule has 3 N–H and O–H groups in total. The number of aliphatic carboxylic acids is 1. The third-order valence-electron chi connectivity index (χ3n) is 2.80. The van der Waals surface area contributed by atoms with Gasteiger partial charge in [0.1, 0.15) is 0 Å². The molecule has 0 atom stereocenters. The van der Waals surface area contributed by atoms with Gasteiger partial charge in [-0.1, -0.05) is 12.1 Å². The van der Waals surface area contributed by atoms with Gasteiger partial charge in [-0.25, -0.2) is 0 Å². The molecule has 0 bridgehead atoms. The van der Waals surface area contributed by atoms with Gasteiger partial charge in [0.05, 0.1) is 5.41 Å². The topological polar surface area (TPSA) is 63.3 Å². The molecule has 0 radical (unpaired) electrons. The SMILES string of the molecule is Nc1cccc(CC2(C(=O)O)CC2)c1. The summed E-state index contributed by atoms with van der Waals surface area (Å²) in [5, 5.41) is 9.00. The lowest BCUT2D eigenvalue weighted by Crippen LogP contribution is -2.17. The summed E-state index contributed by atoms with van der Waals surface area (Å²) in [5.41, 5.74) is 6.85. The molecule has 1 fully saturated rings. The quantitative estimate of drug-likeness (QED) is 0.714. The van der Waals surface area contributed by atoms with Crippen LogP contribution in [0.5, 0.6) is 0 Å². The summed E-state index contributed by atoms with van der Waals surface area (Å²) >= 11 is 0. The first kappa shape index (κ1) is 9.06. The Morgan fingerprint density at radius 1 is 1.50 bits per heavy atom. The first-order chi connectivity index (χ1) is 6.62. The number of nitrogen functional groups attached to an aromatic ring is 1. The van der Waals surface area contributed by atoms with Crippen LogP contribution in [0.25, 0.3) is 0 Å². The van der Waals surface area contributed by atoms with Gasteiger partial charge in [-0.05, 0) is 37.0 Å². The molecule has 0 saturated heterocycles. The van der Waals surface area contributed by atoms with Gasteiger partial charge in [-0.15, -0.1) is 0 Å². The monoisotopic (exact) mass is 191 g/mol. The molecule has 1 aliphatic rings. The van der Waals surface area contributed by atoms with Crippen molar-refractivity contribution >= 4 is 11.7 Å². The number of hydrogen-bond donors (Lipinski definition) is 2. The highest BCUT2D eigenvalue weighted by atomic mass is 16.4. The van der Waals surface area contributed by atoms with Crippen LogP contribution in [0.3, 0.4) is 0 Å². The van der Waals surface area contributed by atoms with Crippen molar-refractivity contribution in [2.24, 2.45) is 5.41 Å². The number of carboxylic acids is 1. The average Bonchev–Trinajstić information content (AvgIpc) is 2.85. The Morgan fingerprint density at radius 3 is 2.71 bits per heavy atom. The first-order valence-electron chi connectivity index (χ1n) is 4.70. The third kappa shape index (κ3) is 1.58. The van der Waals surface area contributed by atoms with E-state index < -0.39 is 11.4 Å². The van der Waals surface area contributed by atoms with E-state index in [0.29, 0.717) is 12.1 Å². The zero-order chi connectivity index (χ0) is 10.2. The predicted octanol–water partition coefficient (Wildman–Crippen LogP) is 1.68. The van der Waals surface area contributed by atoms with Crippen LogP contribution in [-0.4, -0.2) is 11.1 Å². The molecular formula is C11H13NO2. The van der Waals surface area contributed by atoms with Crippen LogP contribution >= 0.6 is 0 Å². The molecule has 74 valence electrons. The molecule has 1 aromatic carbocycles. The standard InChI is InChI=1S/C11H13NO2/c12-9-3-1-2-8(6-9)7-11(4-5-11)10(13)14/h1-3,6H,4-5,7,12H2,(H,13,14). The maximum absolute atomic E-state index is 10.9. The normalized spacial score (nSPS) is 17.7. The number of rotatable bonds is 3. The lowest BCUT2D eigenvalue weighted by molar-refractivity contribution is -0.143. The fraction of sp³-hybridized carbons (Fsp3) is 0.364. The minimum atomic E-state index is -0.681. The second-order valence-electron chi connectivity index (χ2n) is 4.01. The van der Waals surface area contributed by atoms with Gasteiger partial charge in [0.25, 0.3) is 0 Å². The van der Waals surface area contributed by atoms with Gasteiger partial charge in [-0.3, -0.25) is 4.79 Å². The summed E-state index contributed by atoms with van der Waals surface area (Å²) in [6.07, 6.45) is 2.18. The van der Waals surface area contributed by atoms with Crippen LogP contribution in [0, 0.1) is 5.41 Å². The smallest absolute Gasteiger partial charge is 0.309 e. The van der Waals surface area contributed by atoms with E-state index >= 15 is 0 Å². The second-order valence-corrected chi connectivity index (χ2v) is 4.01. The van der Waals surface area contributed by atoms with Crippen molar-refractivity contribution in [1.29, 1.82) is 0 Å². The van der Waals surface area contributed by atoms with Crippen molar-refractivity contribution in [3.05, 3.63) is 29.8 Å². The van der Waals surface area contributed by atoms with E-state index in [0.717, 1.165) is 18.4 Å². The van der Waals surface area contributed by atoms with Gasteiger partial charge in [0.2, 0.25) is 0 Å². The number of carbonyl (C=O) groups is 1.